The highest BCUT2D eigenvalue weighted by Gasteiger charge is 2.18. The van der Waals surface area contributed by atoms with Crippen LogP contribution in [0, 0.1) is 0 Å². The highest BCUT2D eigenvalue weighted by Crippen LogP contribution is 2.20. The van der Waals surface area contributed by atoms with Crippen LogP contribution in [0.5, 0.6) is 0 Å². The topological polar surface area (TPSA) is 66.3 Å². The van der Waals surface area contributed by atoms with Crippen molar-refractivity contribution in [1.82, 2.24) is 29.9 Å². The van der Waals surface area contributed by atoms with Crippen LogP contribution in [0.1, 0.15) is 5.56 Å². The lowest BCUT2D eigenvalue weighted by Gasteiger charge is -2.29. The van der Waals surface area contributed by atoms with Crippen molar-refractivity contribution in [2.75, 3.05) is 39.8 Å². The number of hydrogen-bond donors (Lipinski definition) is 1. The van der Waals surface area contributed by atoms with Crippen molar-refractivity contribution in [3.05, 3.63) is 41.4 Å². The van der Waals surface area contributed by atoms with E-state index in [-0.39, 0.29) is 18.3 Å². The highest BCUT2D eigenvalue weighted by atomic mass is 35.5. The summed E-state index contributed by atoms with van der Waals surface area (Å²) < 4.78 is 1.69. The van der Waals surface area contributed by atoms with Gasteiger partial charge in [0.05, 0.1) is 12.2 Å². The van der Waals surface area contributed by atoms with Crippen LogP contribution >= 0.6 is 24.0 Å². The standard InChI is InChI=1S/C16H21ClN6O.ClH/c1-21(10-16(24)22-6-4-18-5-7-22)9-13-2-3-14(17)8-15(13)23-12-19-11-20-23;/h2-3,8,11-12,18H,4-7,9-10H2,1H3;1H. The Bertz CT molecular complexity index is 688. The van der Waals surface area contributed by atoms with Crippen LogP contribution < -0.4 is 5.32 Å². The molecule has 25 heavy (non-hydrogen) atoms. The molecule has 0 saturated carbocycles. The third-order valence-corrected chi connectivity index (χ3v) is 4.26. The van der Waals surface area contributed by atoms with E-state index in [1.807, 2.05) is 35.0 Å². The van der Waals surface area contributed by atoms with E-state index in [1.54, 1.807) is 11.0 Å². The Morgan fingerprint density at radius 2 is 2.12 bits per heavy atom. The minimum Gasteiger partial charge on any atom is -0.339 e. The predicted octanol–water partition coefficient (Wildman–Crippen LogP) is 1.21. The first-order chi connectivity index (χ1) is 11.6. The number of nitrogens with one attached hydrogen (secondary N) is 1. The summed E-state index contributed by atoms with van der Waals surface area (Å²) in [6.07, 6.45) is 3.13. The van der Waals surface area contributed by atoms with E-state index in [9.17, 15) is 4.79 Å². The Balaban J connectivity index is 0.00000225. The van der Waals surface area contributed by atoms with Crippen molar-refractivity contribution in [3.63, 3.8) is 0 Å². The molecule has 1 aliphatic heterocycles. The SMILES string of the molecule is CN(CC(=O)N1CCNCC1)Cc1ccc(Cl)cc1-n1cncn1.Cl. The second-order valence-corrected chi connectivity index (χ2v) is 6.35. The number of halogens is 2. The van der Waals surface area contributed by atoms with Gasteiger partial charge in [-0.3, -0.25) is 9.69 Å². The van der Waals surface area contributed by atoms with Crippen molar-refractivity contribution in [2.45, 2.75) is 6.54 Å². The fourth-order valence-electron chi connectivity index (χ4n) is 2.81. The fraction of sp³-hybridized carbons (Fsp3) is 0.438. The zero-order valence-corrected chi connectivity index (χ0v) is 15.6. The van der Waals surface area contributed by atoms with E-state index in [4.69, 9.17) is 11.6 Å². The number of carbonyl (C=O) groups excluding carboxylic acids is 1. The number of carbonyl (C=O) groups is 1. The Morgan fingerprint density at radius 1 is 1.36 bits per heavy atom. The van der Waals surface area contributed by atoms with Crippen molar-refractivity contribution in [1.29, 1.82) is 0 Å². The van der Waals surface area contributed by atoms with E-state index in [0.717, 1.165) is 37.4 Å². The Hall–Kier alpha value is -1.67. The smallest absolute Gasteiger partial charge is 0.236 e. The first-order valence-electron chi connectivity index (χ1n) is 7.94. The number of aromatic nitrogens is 3. The molecule has 1 fully saturated rings. The molecule has 2 aromatic rings. The summed E-state index contributed by atoms with van der Waals surface area (Å²) in [5.74, 6) is 0.162. The van der Waals surface area contributed by atoms with E-state index in [2.05, 4.69) is 15.4 Å². The summed E-state index contributed by atoms with van der Waals surface area (Å²) in [4.78, 5) is 20.3. The van der Waals surface area contributed by atoms with Crippen LogP contribution in [0.25, 0.3) is 5.69 Å². The van der Waals surface area contributed by atoms with E-state index >= 15 is 0 Å². The van der Waals surface area contributed by atoms with Crippen molar-refractivity contribution < 1.29 is 4.79 Å². The summed E-state index contributed by atoms with van der Waals surface area (Å²) >= 11 is 6.11. The molecule has 1 aromatic heterocycles. The molecule has 0 bridgehead atoms. The number of rotatable bonds is 5. The molecule has 1 aliphatic rings. The molecule has 9 heteroatoms. The van der Waals surface area contributed by atoms with Crippen LogP contribution in [-0.4, -0.2) is 70.2 Å². The van der Waals surface area contributed by atoms with Gasteiger partial charge < -0.3 is 10.2 Å². The summed E-state index contributed by atoms with van der Waals surface area (Å²) in [5.41, 5.74) is 1.92. The summed E-state index contributed by atoms with van der Waals surface area (Å²) in [6.45, 7) is 4.30. The molecule has 1 saturated heterocycles. The summed E-state index contributed by atoms with van der Waals surface area (Å²) in [7, 11) is 1.94. The predicted molar refractivity (Wildman–Crippen MR) is 99.4 cm³/mol. The first kappa shape index (κ1) is 19.7. The molecule has 0 radical (unpaired) electrons. The third kappa shape index (κ3) is 5.15. The molecule has 2 heterocycles. The Kier molecular flexibility index (Phi) is 7.19. The zero-order chi connectivity index (χ0) is 16.9. The van der Waals surface area contributed by atoms with Gasteiger partial charge in [-0.15, -0.1) is 12.4 Å². The molecule has 1 aromatic carbocycles. The van der Waals surface area contributed by atoms with Crippen molar-refractivity contribution >= 4 is 29.9 Å². The van der Waals surface area contributed by atoms with E-state index in [0.29, 0.717) is 18.1 Å². The van der Waals surface area contributed by atoms with E-state index in [1.165, 1.54) is 6.33 Å². The van der Waals surface area contributed by atoms with Gasteiger partial charge in [0.2, 0.25) is 5.91 Å². The number of likely N-dealkylation sites (N-methyl/N-ethyl adjacent to an activating group) is 1. The van der Waals surface area contributed by atoms with Crippen molar-refractivity contribution in [2.24, 2.45) is 0 Å². The lowest BCUT2D eigenvalue weighted by molar-refractivity contribution is -0.132. The molecule has 0 unspecified atom stereocenters. The van der Waals surface area contributed by atoms with Crippen LogP contribution in [0.15, 0.2) is 30.9 Å². The number of nitrogens with zero attached hydrogens (tertiary/aromatic N) is 5. The molecule has 7 nitrogen and oxygen atoms in total. The van der Waals surface area contributed by atoms with Gasteiger partial charge in [-0.05, 0) is 24.7 Å². The van der Waals surface area contributed by atoms with Crippen molar-refractivity contribution in [3.8, 4) is 5.69 Å². The Labute approximate surface area is 158 Å². The van der Waals surface area contributed by atoms with Crippen LogP contribution in [0.4, 0.5) is 0 Å². The molecule has 0 atom stereocenters. The largest absolute Gasteiger partial charge is 0.339 e. The van der Waals surface area contributed by atoms with Gasteiger partial charge in [-0.1, -0.05) is 17.7 Å². The van der Waals surface area contributed by atoms with Gasteiger partial charge in [-0.25, -0.2) is 9.67 Å². The normalized spacial score (nSPS) is 14.4. The zero-order valence-electron chi connectivity index (χ0n) is 14.1. The van der Waals surface area contributed by atoms with E-state index < -0.39 is 0 Å². The lowest BCUT2D eigenvalue weighted by Crippen LogP contribution is -2.49. The van der Waals surface area contributed by atoms with Gasteiger partial charge in [0.15, 0.2) is 0 Å². The average molecular weight is 385 g/mol. The monoisotopic (exact) mass is 384 g/mol. The van der Waals surface area contributed by atoms with Crippen LogP contribution in [0.3, 0.4) is 0 Å². The van der Waals surface area contributed by atoms with Crippen LogP contribution in [-0.2, 0) is 11.3 Å². The molecule has 3 rings (SSSR count). The number of piperazine rings is 1. The molecule has 0 spiro atoms. The number of benzene rings is 1. The maximum atomic E-state index is 12.4. The van der Waals surface area contributed by atoms with Gasteiger partial charge >= 0.3 is 0 Å². The third-order valence-electron chi connectivity index (χ3n) is 4.03. The molecule has 1 amide bonds. The first-order valence-corrected chi connectivity index (χ1v) is 8.32. The molecular weight excluding hydrogens is 363 g/mol. The maximum absolute atomic E-state index is 12.4. The van der Waals surface area contributed by atoms with Crippen LogP contribution in [0.2, 0.25) is 5.02 Å². The van der Waals surface area contributed by atoms with Gasteiger partial charge in [-0.2, -0.15) is 5.10 Å². The second kappa shape index (κ2) is 9.15. The number of amides is 1. The minimum absolute atomic E-state index is 0. The summed E-state index contributed by atoms with van der Waals surface area (Å²) in [6, 6.07) is 5.67. The second-order valence-electron chi connectivity index (χ2n) is 5.92. The minimum atomic E-state index is 0. The molecule has 0 aliphatic carbocycles. The van der Waals surface area contributed by atoms with Gasteiger partial charge in [0, 0.05) is 37.7 Å². The fourth-order valence-corrected chi connectivity index (χ4v) is 2.97. The average Bonchev–Trinajstić information content (AvgIpc) is 3.11. The molecular formula is C16H22Cl2N6O. The van der Waals surface area contributed by atoms with Gasteiger partial charge in [0.1, 0.15) is 12.7 Å². The maximum Gasteiger partial charge on any atom is 0.236 e. The Morgan fingerprint density at radius 3 is 2.80 bits per heavy atom. The molecule has 136 valence electrons. The highest BCUT2D eigenvalue weighted by molar-refractivity contribution is 6.30. The quantitative estimate of drug-likeness (QED) is 0.838. The van der Waals surface area contributed by atoms with Gasteiger partial charge in [0.25, 0.3) is 0 Å². The summed E-state index contributed by atoms with van der Waals surface area (Å²) in [5, 5.41) is 8.07. The number of hydrogen-bond acceptors (Lipinski definition) is 5. The molecule has 1 N–H and O–H groups in total. The lowest BCUT2D eigenvalue weighted by atomic mass is 10.1.